The minimum Gasteiger partial charge on any atom is -0.489 e. The third-order valence-corrected chi connectivity index (χ3v) is 3.27. The van der Waals surface area contributed by atoms with Gasteiger partial charge < -0.3 is 9.84 Å². The molecule has 1 unspecified atom stereocenters. The van der Waals surface area contributed by atoms with Gasteiger partial charge in [0.15, 0.2) is 0 Å². The van der Waals surface area contributed by atoms with E-state index in [9.17, 15) is 13.9 Å². The van der Waals surface area contributed by atoms with E-state index in [-0.39, 0.29) is 22.9 Å². The Labute approximate surface area is 120 Å². The molecule has 0 heterocycles. The summed E-state index contributed by atoms with van der Waals surface area (Å²) in [5, 5.41) is 9.32. The van der Waals surface area contributed by atoms with Crippen LogP contribution in [0.5, 0.6) is 5.75 Å². The lowest BCUT2D eigenvalue weighted by Crippen LogP contribution is -2.00. The van der Waals surface area contributed by atoms with Crippen molar-refractivity contribution in [3.63, 3.8) is 0 Å². The molecule has 0 saturated heterocycles. The monoisotopic (exact) mass is 298 g/mol. The molecule has 106 valence electrons. The van der Waals surface area contributed by atoms with E-state index in [1.165, 1.54) is 31.2 Å². The zero-order chi connectivity index (χ0) is 14.7. The van der Waals surface area contributed by atoms with Gasteiger partial charge in [-0.05, 0) is 25.1 Å². The second-order valence-electron chi connectivity index (χ2n) is 4.36. The highest BCUT2D eigenvalue weighted by molar-refractivity contribution is 6.31. The molecule has 0 aliphatic heterocycles. The number of aliphatic hydroxyl groups excluding tert-OH is 1. The highest BCUT2D eigenvalue weighted by Gasteiger charge is 2.10. The van der Waals surface area contributed by atoms with E-state index in [0.717, 1.165) is 0 Å². The molecule has 0 saturated carbocycles. The predicted molar refractivity (Wildman–Crippen MR) is 72.8 cm³/mol. The molecule has 1 N–H and O–H groups in total. The van der Waals surface area contributed by atoms with Crippen LogP contribution in [0.25, 0.3) is 0 Å². The lowest BCUT2D eigenvalue weighted by molar-refractivity contribution is 0.194. The van der Waals surface area contributed by atoms with Gasteiger partial charge in [0.2, 0.25) is 0 Å². The number of benzene rings is 2. The fraction of sp³-hybridized carbons (Fsp3) is 0.200. The van der Waals surface area contributed by atoms with Crippen LogP contribution in [0.1, 0.15) is 24.2 Å². The molecule has 1 atom stereocenters. The number of hydrogen-bond acceptors (Lipinski definition) is 2. The van der Waals surface area contributed by atoms with Crippen LogP contribution in [-0.2, 0) is 6.61 Å². The molecule has 5 heteroatoms. The first kappa shape index (κ1) is 14.8. The topological polar surface area (TPSA) is 29.5 Å². The summed E-state index contributed by atoms with van der Waals surface area (Å²) in [6.45, 7) is 1.51. The van der Waals surface area contributed by atoms with Crippen LogP contribution in [0.4, 0.5) is 8.78 Å². The van der Waals surface area contributed by atoms with Gasteiger partial charge in [-0.15, -0.1) is 0 Å². The summed E-state index contributed by atoms with van der Waals surface area (Å²) in [5.41, 5.74) is 0.674. The molecule has 0 radical (unpaired) electrons. The maximum absolute atomic E-state index is 13.6. The summed E-state index contributed by atoms with van der Waals surface area (Å²) in [6.07, 6.45) is -0.887. The maximum atomic E-state index is 13.6. The Hall–Kier alpha value is -1.65. The average molecular weight is 299 g/mol. The van der Waals surface area contributed by atoms with Crippen molar-refractivity contribution in [3.05, 3.63) is 64.2 Å². The molecule has 0 spiro atoms. The van der Waals surface area contributed by atoms with Crippen LogP contribution < -0.4 is 4.74 Å². The van der Waals surface area contributed by atoms with Gasteiger partial charge in [0.25, 0.3) is 0 Å². The van der Waals surface area contributed by atoms with Crippen molar-refractivity contribution in [2.24, 2.45) is 0 Å². The summed E-state index contributed by atoms with van der Waals surface area (Å²) < 4.78 is 32.3. The van der Waals surface area contributed by atoms with Gasteiger partial charge in [0.05, 0.1) is 11.1 Å². The Morgan fingerprint density at radius 2 is 1.95 bits per heavy atom. The predicted octanol–water partition coefficient (Wildman–Crippen LogP) is 4.25. The van der Waals surface area contributed by atoms with Crippen molar-refractivity contribution in [2.75, 3.05) is 0 Å². The van der Waals surface area contributed by atoms with Crippen LogP contribution in [0.3, 0.4) is 0 Å². The molecule has 0 aliphatic carbocycles. The van der Waals surface area contributed by atoms with Crippen molar-refractivity contribution >= 4 is 11.6 Å². The number of halogens is 3. The molecule has 0 aliphatic rings. The van der Waals surface area contributed by atoms with Crippen LogP contribution in [0.15, 0.2) is 36.4 Å². The first-order valence-electron chi connectivity index (χ1n) is 6.02. The quantitative estimate of drug-likeness (QED) is 0.914. The fourth-order valence-corrected chi connectivity index (χ4v) is 1.94. The molecule has 0 fully saturated rings. The Balaban J connectivity index is 2.11. The summed E-state index contributed by atoms with van der Waals surface area (Å²) >= 11 is 5.80. The van der Waals surface area contributed by atoms with Crippen molar-refractivity contribution in [1.29, 1.82) is 0 Å². The van der Waals surface area contributed by atoms with E-state index in [2.05, 4.69) is 0 Å². The van der Waals surface area contributed by atoms with Crippen LogP contribution in [0.2, 0.25) is 5.02 Å². The van der Waals surface area contributed by atoms with Crippen LogP contribution in [0, 0.1) is 11.6 Å². The minimum atomic E-state index is -0.887. The van der Waals surface area contributed by atoms with Gasteiger partial charge in [-0.2, -0.15) is 0 Å². The van der Waals surface area contributed by atoms with Crippen molar-refractivity contribution in [3.8, 4) is 5.75 Å². The Morgan fingerprint density at radius 1 is 1.20 bits per heavy atom. The van der Waals surface area contributed by atoms with Gasteiger partial charge >= 0.3 is 0 Å². The van der Waals surface area contributed by atoms with Gasteiger partial charge in [0.1, 0.15) is 24.0 Å². The summed E-state index contributed by atoms with van der Waals surface area (Å²) in [5.74, 6) is -0.793. The van der Waals surface area contributed by atoms with E-state index in [0.29, 0.717) is 5.56 Å². The zero-order valence-corrected chi connectivity index (χ0v) is 11.5. The van der Waals surface area contributed by atoms with E-state index in [1.807, 2.05) is 0 Å². The van der Waals surface area contributed by atoms with Crippen molar-refractivity contribution in [2.45, 2.75) is 19.6 Å². The first-order chi connectivity index (χ1) is 9.49. The standard InChI is InChI=1S/C15H13ClF2O2/c1-9(19)12-6-5-11(7-14(12)18)20-8-10-3-2-4-13(17)15(10)16/h2-7,9,19H,8H2,1H3. The Kier molecular flexibility index (Phi) is 4.57. The fourth-order valence-electron chi connectivity index (χ4n) is 1.76. The molecule has 20 heavy (non-hydrogen) atoms. The number of aliphatic hydroxyl groups is 1. The van der Waals surface area contributed by atoms with E-state index < -0.39 is 17.7 Å². The largest absolute Gasteiger partial charge is 0.489 e. The second-order valence-corrected chi connectivity index (χ2v) is 4.74. The molecule has 2 rings (SSSR count). The first-order valence-corrected chi connectivity index (χ1v) is 6.40. The molecule has 2 nitrogen and oxygen atoms in total. The lowest BCUT2D eigenvalue weighted by Gasteiger charge is -2.11. The van der Waals surface area contributed by atoms with Gasteiger partial charge in [-0.1, -0.05) is 23.7 Å². The zero-order valence-electron chi connectivity index (χ0n) is 10.7. The molecular formula is C15H13ClF2O2. The van der Waals surface area contributed by atoms with E-state index in [4.69, 9.17) is 16.3 Å². The number of ether oxygens (including phenoxy) is 1. The number of rotatable bonds is 4. The third-order valence-electron chi connectivity index (χ3n) is 2.85. The number of hydrogen-bond donors (Lipinski definition) is 1. The van der Waals surface area contributed by atoms with E-state index in [1.54, 1.807) is 12.1 Å². The normalized spacial score (nSPS) is 12.2. The third kappa shape index (κ3) is 3.26. The molecule has 2 aromatic carbocycles. The van der Waals surface area contributed by atoms with Crippen molar-refractivity contribution in [1.82, 2.24) is 0 Å². The Bertz CT molecular complexity index is 615. The van der Waals surface area contributed by atoms with Crippen LogP contribution in [-0.4, -0.2) is 5.11 Å². The summed E-state index contributed by atoms with van der Waals surface area (Å²) in [6, 6.07) is 8.57. The van der Waals surface area contributed by atoms with Gasteiger partial charge in [0, 0.05) is 17.2 Å². The smallest absolute Gasteiger partial charge is 0.142 e. The highest BCUT2D eigenvalue weighted by atomic mass is 35.5. The van der Waals surface area contributed by atoms with E-state index >= 15 is 0 Å². The van der Waals surface area contributed by atoms with Crippen molar-refractivity contribution < 1.29 is 18.6 Å². The highest BCUT2D eigenvalue weighted by Crippen LogP contribution is 2.24. The maximum Gasteiger partial charge on any atom is 0.142 e. The SMILES string of the molecule is CC(O)c1ccc(OCc2cccc(F)c2Cl)cc1F. The molecule has 0 amide bonds. The molecular weight excluding hydrogens is 286 g/mol. The summed E-state index contributed by atoms with van der Waals surface area (Å²) in [7, 11) is 0. The minimum absolute atomic E-state index is 0.00595. The second kappa shape index (κ2) is 6.20. The molecule has 0 bridgehead atoms. The summed E-state index contributed by atoms with van der Waals surface area (Å²) in [4.78, 5) is 0. The molecule has 0 aromatic heterocycles. The lowest BCUT2D eigenvalue weighted by atomic mass is 10.1. The molecule has 2 aromatic rings. The average Bonchev–Trinajstić information content (AvgIpc) is 2.40. The van der Waals surface area contributed by atoms with Gasteiger partial charge in [-0.3, -0.25) is 0 Å². The van der Waals surface area contributed by atoms with Gasteiger partial charge in [-0.25, -0.2) is 8.78 Å². The van der Waals surface area contributed by atoms with Crippen LogP contribution >= 0.6 is 11.6 Å². The Morgan fingerprint density at radius 3 is 2.60 bits per heavy atom.